The van der Waals surface area contributed by atoms with Crippen molar-refractivity contribution in [3.05, 3.63) is 114 Å². The number of aromatic nitrogens is 2. The van der Waals surface area contributed by atoms with Crippen LogP contribution in [0.15, 0.2) is 91.1 Å². The molecule has 1 amide bonds. The largest absolute Gasteiger partial charge is 0.380 e. The van der Waals surface area contributed by atoms with Gasteiger partial charge in [-0.2, -0.15) is 0 Å². The molecule has 0 bridgehead atoms. The van der Waals surface area contributed by atoms with E-state index in [0.717, 1.165) is 65.6 Å². The van der Waals surface area contributed by atoms with Crippen LogP contribution in [0, 0.1) is 13.8 Å². The zero-order valence-electron chi connectivity index (χ0n) is 24.7. The standard InChI is InChI=1S/C35H35N5O3/c1-24-19-25(2)36-32(20-24)39-17-15-38(16-18-39)28-12-13-31(27(21-28)23-43-3)37-35(42)34(41)33-30(26-9-5-4-6-10-26)22-29-11-7-8-14-40(29)33/h4-14,19-22H,15-18,23H2,1-3H3,(H,37,42). The summed E-state index contributed by atoms with van der Waals surface area (Å²) in [7, 11) is 1.62. The number of hydrogen-bond donors (Lipinski definition) is 1. The van der Waals surface area contributed by atoms with Crippen LogP contribution in [0.4, 0.5) is 17.2 Å². The molecule has 43 heavy (non-hydrogen) atoms. The molecular weight excluding hydrogens is 538 g/mol. The third-order valence-electron chi connectivity index (χ3n) is 7.88. The number of rotatable bonds is 8. The molecule has 0 atom stereocenters. The molecule has 0 aliphatic carbocycles. The molecule has 1 N–H and O–H groups in total. The summed E-state index contributed by atoms with van der Waals surface area (Å²) in [4.78, 5) is 36.5. The van der Waals surface area contributed by atoms with Gasteiger partial charge in [0.25, 0.3) is 11.7 Å². The number of ether oxygens (including phenoxy) is 1. The van der Waals surface area contributed by atoms with Crippen molar-refractivity contribution in [1.29, 1.82) is 0 Å². The number of hydrogen-bond acceptors (Lipinski definition) is 6. The Morgan fingerprint density at radius 2 is 1.60 bits per heavy atom. The molecule has 8 heteroatoms. The highest BCUT2D eigenvalue weighted by molar-refractivity contribution is 6.47. The number of pyridine rings is 2. The van der Waals surface area contributed by atoms with Gasteiger partial charge in [0.2, 0.25) is 0 Å². The second kappa shape index (κ2) is 12.1. The van der Waals surface area contributed by atoms with Crippen molar-refractivity contribution >= 4 is 34.4 Å². The van der Waals surface area contributed by atoms with E-state index in [1.54, 1.807) is 11.5 Å². The summed E-state index contributed by atoms with van der Waals surface area (Å²) in [6, 6.07) is 27.4. The third kappa shape index (κ3) is 5.87. The number of amides is 1. The van der Waals surface area contributed by atoms with Crippen molar-refractivity contribution in [3.63, 3.8) is 0 Å². The summed E-state index contributed by atoms with van der Waals surface area (Å²) in [5, 5.41) is 2.88. The quantitative estimate of drug-likeness (QED) is 0.184. The van der Waals surface area contributed by atoms with Gasteiger partial charge in [-0.05, 0) is 73.5 Å². The molecule has 6 rings (SSSR count). The van der Waals surface area contributed by atoms with Crippen LogP contribution >= 0.6 is 0 Å². The van der Waals surface area contributed by atoms with E-state index in [1.807, 2.05) is 85.9 Å². The number of piperazine rings is 1. The fourth-order valence-corrected chi connectivity index (χ4v) is 5.83. The monoisotopic (exact) mass is 573 g/mol. The molecule has 4 heterocycles. The van der Waals surface area contributed by atoms with Crippen LogP contribution in [0.2, 0.25) is 0 Å². The molecule has 8 nitrogen and oxygen atoms in total. The lowest BCUT2D eigenvalue weighted by atomic mass is 10.0. The molecule has 0 unspecified atom stereocenters. The molecule has 218 valence electrons. The zero-order valence-corrected chi connectivity index (χ0v) is 24.7. The van der Waals surface area contributed by atoms with E-state index in [4.69, 9.17) is 9.72 Å². The lowest BCUT2D eigenvalue weighted by Crippen LogP contribution is -2.47. The van der Waals surface area contributed by atoms with E-state index in [1.165, 1.54) is 5.56 Å². The number of anilines is 3. The van der Waals surface area contributed by atoms with E-state index in [2.05, 4.69) is 34.2 Å². The summed E-state index contributed by atoms with van der Waals surface area (Å²) in [6.45, 7) is 7.83. The Bertz CT molecular complexity index is 1770. The van der Waals surface area contributed by atoms with Gasteiger partial charge in [0.15, 0.2) is 0 Å². The summed E-state index contributed by atoms with van der Waals surface area (Å²) in [6.07, 6.45) is 1.81. The topological polar surface area (TPSA) is 79.2 Å². The van der Waals surface area contributed by atoms with Gasteiger partial charge in [0.1, 0.15) is 11.5 Å². The van der Waals surface area contributed by atoms with Crippen LogP contribution in [0.3, 0.4) is 0 Å². The predicted octanol–water partition coefficient (Wildman–Crippen LogP) is 5.91. The minimum absolute atomic E-state index is 0.299. The number of carbonyl (C=O) groups excluding carboxylic acids is 2. The molecule has 1 aliphatic heterocycles. The number of ketones is 1. The van der Waals surface area contributed by atoms with Gasteiger partial charge in [-0.15, -0.1) is 0 Å². The van der Waals surface area contributed by atoms with Gasteiger partial charge in [-0.25, -0.2) is 4.98 Å². The van der Waals surface area contributed by atoms with Crippen molar-refractivity contribution < 1.29 is 14.3 Å². The molecule has 0 radical (unpaired) electrons. The zero-order chi connectivity index (χ0) is 29.9. The van der Waals surface area contributed by atoms with Gasteiger partial charge in [-0.3, -0.25) is 9.59 Å². The Kier molecular flexibility index (Phi) is 7.94. The first-order valence-electron chi connectivity index (χ1n) is 14.5. The lowest BCUT2D eigenvalue weighted by Gasteiger charge is -2.37. The highest BCUT2D eigenvalue weighted by Crippen LogP contribution is 2.30. The molecule has 0 spiro atoms. The fourth-order valence-electron chi connectivity index (χ4n) is 5.83. The summed E-state index contributed by atoms with van der Waals surface area (Å²) < 4.78 is 7.26. The highest BCUT2D eigenvalue weighted by Gasteiger charge is 2.26. The summed E-state index contributed by atoms with van der Waals surface area (Å²) in [5.74, 6) is -0.277. The Balaban J connectivity index is 1.21. The molecular formula is C35H35N5O3. The number of benzene rings is 2. The number of methoxy groups -OCH3 is 1. The highest BCUT2D eigenvalue weighted by atomic mass is 16.5. The van der Waals surface area contributed by atoms with E-state index < -0.39 is 11.7 Å². The average molecular weight is 574 g/mol. The van der Waals surface area contributed by atoms with E-state index in [9.17, 15) is 9.59 Å². The maximum absolute atomic E-state index is 13.7. The van der Waals surface area contributed by atoms with Crippen molar-refractivity contribution in [1.82, 2.24) is 9.38 Å². The molecule has 0 saturated carbocycles. The van der Waals surface area contributed by atoms with Crippen LogP contribution in [-0.2, 0) is 16.1 Å². The maximum atomic E-state index is 13.7. The number of nitrogens with zero attached hydrogens (tertiary/aromatic N) is 4. The molecule has 1 saturated heterocycles. The smallest absolute Gasteiger partial charge is 0.298 e. The van der Waals surface area contributed by atoms with Crippen molar-refractivity contribution in [2.45, 2.75) is 20.5 Å². The second-order valence-corrected chi connectivity index (χ2v) is 10.9. The number of nitrogens with one attached hydrogen (secondary N) is 1. The van der Waals surface area contributed by atoms with Crippen molar-refractivity contribution in [3.8, 4) is 11.1 Å². The first kappa shape index (κ1) is 28.2. The first-order valence-corrected chi connectivity index (χ1v) is 14.5. The van der Waals surface area contributed by atoms with Gasteiger partial charge in [0.05, 0.1) is 6.61 Å². The number of aryl methyl sites for hydroxylation is 2. The molecule has 3 aromatic heterocycles. The number of carbonyl (C=O) groups is 2. The Morgan fingerprint density at radius 3 is 2.35 bits per heavy atom. The summed E-state index contributed by atoms with van der Waals surface area (Å²) >= 11 is 0. The van der Waals surface area contributed by atoms with Gasteiger partial charge < -0.3 is 24.3 Å². The van der Waals surface area contributed by atoms with E-state index in [-0.39, 0.29) is 0 Å². The number of Topliss-reactive ketones (excluding diaryl/α,β-unsaturated/α-hetero) is 1. The minimum Gasteiger partial charge on any atom is -0.380 e. The van der Waals surface area contributed by atoms with Gasteiger partial charge in [-0.1, -0.05) is 36.4 Å². The molecule has 5 aromatic rings. The molecule has 1 aliphatic rings. The molecule has 2 aromatic carbocycles. The van der Waals surface area contributed by atoms with Crippen molar-refractivity contribution in [2.24, 2.45) is 0 Å². The van der Waals surface area contributed by atoms with Crippen LogP contribution in [0.5, 0.6) is 0 Å². The Hall–Kier alpha value is -4.95. The van der Waals surface area contributed by atoms with Crippen molar-refractivity contribution in [2.75, 3.05) is 48.4 Å². The lowest BCUT2D eigenvalue weighted by molar-refractivity contribution is -0.112. The maximum Gasteiger partial charge on any atom is 0.298 e. The van der Waals surface area contributed by atoms with Crippen LogP contribution in [0.1, 0.15) is 27.3 Å². The van der Waals surface area contributed by atoms with Crippen LogP contribution in [0.25, 0.3) is 16.6 Å². The van der Waals surface area contributed by atoms with Crippen LogP contribution < -0.4 is 15.1 Å². The predicted molar refractivity (Wildman–Crippen MR) is 171 cm³/mol. The van der Waals surface area contributed by atoms with Gasteiger partial charge in [0, 0.05) is 73.2 Å². The van der Waals surface area contributed by atoms with E-state index >= 15 is 0 Å². The second-order valence-electron chi connectivity index (χ2n) is 10.9. The SMILES string of the molecule is COCc1cc(N2CCN(c3cc(C)cc(C)n3)CC2)ccc1NC(=O)C(=O)c1c(-c2ccccc2)cc2ccccn12. The molecule has 1 fully saturated rings. The van der Waals surface area contributed by atoms with E-state index in [0.29, 0.717) is 18.0 Å². The average Bonchev–Trinajstić information content (AvgIpc) is 3.41. The Labute approximate surface area is 251 Å². The summed E-state index contributed by atoms with van der Waals surface area (Å²) in [5.41, 5.74) is 7.43. The fraction of sp³-hybridized carbons (Fsp3) is 0.229. The van der Waals surface area contributed by atoms with Crippen LogP contribution in [-0.4, -0.2) is 54.4 Å². The Morgan fingerprint density at radius 1 is 0.860 bits per heavy atom. The minimum atomic E-state index is -0.694. The first-order chi connectivity index (χ1) is 20.9. The number of fused-ring (bicyclic) bond motifs is 1. The third-order valence-corrected chi connectivity index (χ3v) is 7.88. The van der Waals surface area contributed by atoms with Gasteiger partial charge >= 0.3 is 0 Å². The normalized spacial score (nSPS) is 13.4.